The van der Waals surface area contributed by atoms with Crippen molar-refractivity contribution in [2.45, 2.75) is 31.7 Å². The molecule has 172 valence electrons. The minimum atomic E-state index is -0.783. The van der Waals surface area contributed by atoms with Crippen LogP contribution in [0.4, 0.5) is 4.39 Å². The summed E-state index contributed by atoms with van der Waals surface area (Å²) < 4.78 is 19.1. The van der Waals surface area contributed by atoms with Crippen LogP contribution in [0.25, 0.3) is 0 Å². The first-order valence-electron chi connectivity index (χ1n) is 10.6. The SMILES string of the molecule is CN(Cc1ccc(F)cc1)C(=O)c1nc([C@@H]2C[C@@H](OCc3ccccc3)CN2)[nH]c(=O)c1O. The van der Waals surface area contributed by atoms with Crippen molar-refractivity contribution in [3.63, 3.8) is 0 Å². The van der Waals surface area contributed by atoms with Crippen molar-refractivity contribution in [3.05, 3.63) is 93.4 Å². The summed E-state index contributed by atoms with van der Waals surface area (Å²) in [6, 6.07) is 15.2. The van der Waals surface area contributed by atoms with Crippen LogP contribution < -0.4 is 10.9 Å². The Bertz CT molecular complexity index is 1170. The number of aromatic nitrogens is 2. The molecule has 1 aliphatic heterocycles. The number of H-pyrrole nitrogens is 1. The van der Waals surface area contributed by atoms with Gasteiger partial charge >= 0.3 is 0 Å². The Labute approximate surface area is 190 Å². The van der Waals surface area contributed by atoms with Gasteiger partial charge in [-0.1, -0.05) is 42.5 Å². The predicted octanol–water partition coefficient (Wildman–Crippen LogP) is 2.51. The van der Waals surface area contributed by atoms with Gasteiger partial charge in [0.15, 0.2) is 5.69 Å². The van der Waals surface area contributed by atoms with E-state index in [-0.39, 0.29) is 36.0 Å². The van der Waals surface area contributed by atoms with Crippen molar-refractivity contribution in [1.82, 2.24) is 20.2 Å². The molecule has 1 aromatic heterocycles. The van der Waals surface area contributed by atoms with Crippen LogP contribution >= 0.6 is 0 Å². The van der Waals surface area contributed by atoms with Crippen LogP contribution in [0.1, 0.15) is 39.9 Å². The van der Waals surface area contributed by atoms with Gasteiger partial charge in [-0.3, -0.25) is 9.59 Å². The van der Waals surface area contributed by atoms with Gasteiger partial charge in [0.2, 0.25) is 5.75 Å². The minimum absolute atomic E-state index is 0.0883. The van der Waals surface area contributed by atoms with Gasteiger partial charge in [-0.05, 0) is 29.7 Å². The first-order valence-corrected chi connectivity index (χ1v) is 10.6. The zero-order valence-corrected chi connectivity index (χ0v) is 18.1. The number of halogens is 1. The van der Waals surface area contributed by atoms with E-state index in [1.807, 2.05) is 30.3 Å². The third-order valence-electron chi connectivity index (χ3n) is 5.54. The van der Waals surface area contributed by atoms with Gasteiger partial charge in [0, 0.05) is 20.1 Å². The van der Waals surface area contributed by atoms with Crippen LogP contribution in [0.5, 0.6) is 5.75 Å². The molecule has 0 radical (unpaired) electrons. The van der Waals surface area contributed by atoms with Gasteiger partial charge in [-0.2, -0.15) is 0 Å². The summed E-state index contributed by atoms with van der Waals surface area (Å²) in [6.07, 6.45) is 0.467. The Kier molecular flexibility index (Phi) is 6.81. The second-order valence-corrected chi connectivity index (χ2v) is 8.05. The van der Waals surface area contributed by atoms with Crippen LogP contribution in [0.3, 0.4) is 0 Å². The summed E-state index contributed by atoms with van der Waals surface area (Å²) in [7, 11) is 1.52. The lowest BCUT2D eigenvalue weighted by Gasteiger charge is -2.18. The summed E-state index contributed by atoms with van der Waals surface area (Å²) in [5, 5.41) is 13.4. The average molecular weight is 452 g/mol. The summed E-state index contributed by atoms with van der Waals surface area (Å²) in [4.78, 5) is 33.4. The molecule has 33 heavy (non-hydrogen) atoms. The molecule has 2 atom stereocenters. The zero-order valence-electron chi connectivity index (χ0n) is 18.1. The number of benzene rings is 2. The second kappa shape index (κ2) is 9.93. The number of hydrogen-bond donors (Lipinski definition) is 3. The fourth-order valence-electron chi connectivity index (χ4n) is 3.74. The number of aromatic hydroxyl groups is 1. The molecule has 4 rings (SSSR count). The van der Waals surface area contributed by atoms with E-state index in [4.69, 9.17) is 4.74 Å². The van der Waals surface area contributed by atoms with Gasteiger partial charge in [-0.15, -0.1) is 0 Å². The molecule has 0 saturated carbocycles. The average Bonchev–Trinajstić information content (AvgIpc) is 3.30. The Balaban J connectivity index is 1.45. The van der Waals surface area contributed by atoms with E-state index in [2.05, 4.69) is 15.3 Å². The fraction of sp³-hybridized carbons (Fsp3) is 0.292. The fourth-order valence-corrected chi connectivity index (χ4v) is 3.74. The lowest BCUT2D eigenvalue weighted by molar-refractivity contribution is 0.0524. The number of aromatic amines is 1. The third-order valence-corrected chi connectivity index (χ3v) is 5.54. The van der Waals surface area contributed by atoms with Gasteiger partial charge in [0.1, 0.15) is 11.6 Å². The monoisotopic (exact) mass is 452 g/mol. The molecule has 2 aromatic carbocycles. The molecular weight excluding hydrogens is 427 g/mol. The number of nitrogens with one attached hydrogen (secondary N) is 2. The van der Waals surface area contributed by atoms with E-state index >= 15 is 0 Å². The van der Waals surface area contributed by atoms with E-state index in [0.29, 0.717) is 25.1 Å². The standard InChI is InChI=1S/C24H25FN4O4/c1-29(13-15-7-9-17(25)10-8-15)24(32)20-21(30)23(31)28-22(27-20)19-11-18(12-26-19)33-14-16-5-3-2-4-6-16/h2-10,18-19,26,30H,11-14H2,1H3,(H,27,28,31)/t18-,19+/m1/s1. The number of carbonyl (C=O) groups excluding carboxylic acids is 1. The van der Waals surface area contributed by atoms with Gasteiger partial charge in [-0.25, -0.2) is 9.37 Å². The molecule has 3 N–H and O–H groups in total. The molecule has 1 aliphatic rings. The third kappa shape index (κ3) is 5.44. The maximum absolute atomic E-state index is 13.1. The number of nitrogens with zero attached hydrogens (tertiary/aromatic N) is 2. The number of ether oxygens (including phenoxy) is 1. The van der Waals surface area contributed by atoms with Crippen molar-refractivity contribution >= 4 is 5.91 Å². The van der Waals surface area contributed by atoms with Crippen molar-refractivity contribution in [3.8, 4) is 5.75 Å². The van der Waals surface area contributed by atoms with E-state index in [1.165, 1.54) is 24.1 Å². The quantitative estimate of drug-likeness (QED) is 0.509. The second-order valence-electron chi connectivity index (χ2n) is 8.05. The highest BCUT2D eigenvalue weighted by Crippen LogP contribution is 2.24. The van der Waals surface area contributed by atoms with Crippen molar-refractivity contribution in [1.29, 1.82) is 0 Å². The molecule has 2 heterocycles. The first kappa shape index (κ1) is 22.6. The smallest absolute Gasteiger partial charge is 0.293 e. The summed E-state index contributed by atoms with van der Waals surface area (Å²) in [6.45, 7) is 1.20. The van der Waals surface area contributed by atoms with E-state index in [0.717, 1.165) is 5.56 Å². The molecule has 3 aromatic rings. The zero-order chi connectivity index (χ0) is 23.4. The van der Waals surface area contributed by atoms with E-state index in [9.17, 15) is 19.1 Å². The van der Waals surface area contributed by atoms with Crippen molar-refractivity contribution < 1.29 is 19.0 Å². The lowest BCUT2D eigenvalue weighted by atomic mass is 10.1. The van der Waals surface area contributed by atoms with Crippen LogP contribution in [-0.2, 0) is 17.9 Å². The lowest BCUT2D eigenvalue weighted by Crippen LogP contribution is -2.30. The summed E-state index contributed by atoms with van der Waals surface area (Å²) in [5.74, 6) is -1.45. The molecule has 0 bridgehead atoms. The molecule has 1 saturated heterocycles. The number of rotatable bonds is 7. The molecule has 8 nitrogen and oxygen atoms in total. The number of carbonyl (C=O) groups is 1. The molecular formula is C24H25FN4O4. The Hall–Kier alpha value is -3.56. The van der Waals surface area contributed by atoms with Crippen LogP contribution in [0.2, 0.25) is 0 Å². The van der Waals surface area contributed by atoms with Gasteiger partial charge in [0.25, 0.3) is 11.5 Å². The minimum Gasteiger partial charge on any atom is -0.501 e. The largest absolute Gasteiger partial charge is 0.501 e. The van der Waals surface area contributed by atoms with Crippen LogP contribution in [0.15, 0.2) is 59.4 Å². The van der Waals surface area contributed by atoms with Gasteiger partial charge < -0.3 is 25.0 Å². The number of hydrogen-bond acceptors (Lipinski definition) is 6. The Morgan fingerprint density at radius 1 is 1.18 bits per heavy atom. The maximum atomic E-state index is 13.1. The molecule has 1 fully saturated rings. The highest BCUT2D eigenvalue weighted by molar-refractivity contribution is 5.94. The highest BCUT2D eigenvalue weighted by atomic mass is 19.1. The Morgan fingerprint density at radius 2 is 1.91 bits per heavy atom. The normalized spacial score (nSPS) is 17.8. The molecule has 1 amide bonds. The van der Waals surface area contributed by atoms with Crippen molar-refractivity contribution in [2.24, 2.45) is 0 Å². The summed E-state index contributed by atoms with van der Waals surface area (Å²) >= 11 is 0. The van der Waals surface area contributed by atoms with Crippen LogP contribution in [-0.4, -0.2) is 45.6 Å². The Morgan fingerprint density at radius 3 is 2.64 bits per heavy atom. The number of amides is 1. The highest BCUT2D eigenvalue weighted by Gasteiger charge is 2.30. The van der Waals surface area contributed by atoms with Crippen LogP contribution in [0, 0.1) is 5.82 Å². The molecule has 9 heteroatoms. The summed E-state index contributed by atoms with van der Waals surface area (Å²) in [5.41, 5.74) is 0.657. The van der Waals surface area contributed by atoms with E-state index < -0.39 is 17.2 Å². The van der Waals surface area contributed by atoms with E-state index in [1.54, 1.807) is 12.1 Å². The van der Waals surface area contributed by atoms with Gasteiger partial charge in [0.05, 0.1) is 18.8 Å². The molecule has 0 spiro atoms. The molecule has 0 unspecified atom stereocenters. The molecule has 0 aliphatic carbocycles. The maximum Gasteiger partial charge on any atom is 0.293 e. The predicted molar refractivity (Wildman–Crippen MR) is 119 cm³/mol. The first-order chi connectivity index (χ1) is 15.9. The topological polar surface area (TPSA) is 108 Å². The van der Waals surface area contributed by atoms with Crippen molar-refractivity contribution in [2.75, 3.05) is 13.6 Å².